The Morgan fingerprint density at radius 2 is 2.21 bits per heavy atom. The standard InChI is InChI=1S/C11H17O2P/c1-3-5-11(13-14)12-10-7-4-6-9(2)8-10/h4,6-8,11H,3,5,14H2,1-2H3. The normalized spacial score (nSPS) is 12.5. The van der Waals surface area contributed by atoms with E-state index in [1.54, 1.807) is 0 Å². The summed E-state index contributed by atoms with van der Waals surface area (Å²) in [5.74, 6) is 0.867. The molecule has 0 heterocycles. The molecule has 0 bridgehead atoms. The second-order valence-electron chi connectivity index (χ2n) is 3.29. The number of benzene rings is 1. The lowest BCUT2D eigenvalue weighted by Crippen LogP contribution is -2.15. The Labute approximate surface area is 87.9 Å². The maximum atomic E-state index is 5.64. The summed E-state index contributed by atoms with van der Waals surface area (Å²) in [6, 6.07) is 7.98. The minimum absolute atomic E-state index is 0.160. The summed E-state index contributed by atoms with van der Waals surface area (Å²) >= 11 is 0. The second kappa shape index (κ2) is 6.00. The molecule has 0 aliphatic heterocycles. The first-order valence-corrected chi connectivity index (χ1v) is 5.32. The zero-order valence-electron chi connectivity index (χ0n) is 8.69. The molecule has 0 aliphatic rings. The van der Waals surface area contributed by atoms with Gasteiger partial charge in [0.05, 0.1) is 0 Å². The van der Waals surface area contributed by atoms with E-state index in [1.807, 2.05) is 31.2 Å². The molecule has 2 nitrogen and oxygen atoms in total. The molecule has 0 amide bonds. The van der Waals surface area contributed by atoms with Gasteiger partial charge in [0.1, 0.15) is 5.75 Å². The maximum absolute atomic E-state index is 5.64. The van der Waals surface area contributed by atoms with Crippen LogP contribution in [-0.2, 0) is 4.52 Å². The van der Waals surface area contributed by atoms with E-state index in [-0.39, 0.29) is 6.29 Å². The molecular weight excluding hydrogens is 195 g/mol. The van der Waals surface area contributed by atoms with Gasteiger partial charge in [0.15, 0.2) is 0 Å². The Hall–Kier alpha value is -0.590. The van der Waals surface area contributed by atoms with E-state index in [9.17, 15) is 0 Å². The third-order valence-electron chi connectivity index (χ3n) is 1.93. The van der Waals surface area contributed by atoms with Crippen molar-refractivity contribution in [1.29, 1.82) is 0 Å². The molecule has 0 radical (unpaired) electrons. The lowest BCUT2D eigenvalue weighted by molar-refractivity contribution is 0.0142. The van der Waals surface area contributed by atoms with Gasteiger partial charge in [0, 0.05) is 15.9 Å². The van der Waals surface area contributed by atoms with Crippen LogP contribution in [0.3, 0.4) is 0 Å². The second-order valence-corrected chi connectivity index (χ2v) is 3.56. The third-order valence-corrected chi connectivity index (χ3v) is 2.24. The lowest BCUT2D eigenvalue weighted by Gasteiger charge is -2.16. The molecule has 1 rings (SSSR count). The van der Waals surface area contributed by atoms with Crippen molar-refractivity contribution in [2.75, 3.05) is 0 Å². The summed E-state index contributed by atoms with van der Waals surface area (Å²) in [5, 5.41) is 0. The van der Waals surface area contributed by atoms with Crippen LogP contribution in [0.5, 0.6) is 5.75 Å². The van der Waals surface area contributed by atoms with Gasteiger partial charge < -0.3 is 9.26 Å². The minimum atomic E-state index is -0.160. The van der Waals surface area contributed by atoms with E-state index in [1.165, 1.54) is 5.56 Å². The van der Waals surface area contributed by atoms with Crippen molar-refractivity contribution < 1.29 is 9.26 Å². The van der Waals surface area contributed by atoms with Crippen LogP contribution in [0, 0.1) is 6.92 Å². The Morgan fingerprint density at radius 1 is 1.43 bits per heavy atom. The van der Waals surface area contributed by atoms with E-state index in [0.717, 1.165) is 18.6 Å². The largest absolute Gasteiger partial charge is 0.465 e. The van der Waals surface area contributed by atoms with Gasteiger partial charge >= 0.3 is 0 Å². The summed E-state index contributed by atoms with van der Waals surface area (Å²) in [5.41, 5.74) is 1.20. The average molecular weight is 212 g/mol. The van der Waals surface area contributed by atoms with Gasteiger partial charge in [-0.2, -0.15) is 0 Å². The quantitative estimate of drug-likeness (QED) is 0.550. The number of hydrogen-bond donors (Lipinski definition) is 0. The first kappa shape index (κ1) is 11.5. The van der Waals surface area contributed by atoms with Crippen LogP contribution in [0.2, 0.25) is 0 Å². The molecule has 0 aromatic heterocycles. The Bertz CT molecular complexity index is 276. The van der Waals surface area contributed by atoms with Crippen molar-refractivity contribution >= 4 is 9.47 Å². The Kier molecular flexibility index (Phi) is 4.92. The summed E-state index contributed by atoms with van der Waals surface area (Å²) in [4.78, 5) is 0. The number of rotatable bonds is 5. The minimum Gasteiger partial charge on any atom is -0.465 e. The van der Waals surface area contributed by atoms with Crippen LogP contribution in [0.25, 0.3) is 0 Å². The Morgan fingerprint density at radius 3 is 2.79 bits per heavy atom. The number of hydrogen-bond acceptors (Lipinski definition) is 2. The molecule has 1 aromatic rings. The van der Waals surface area contributed by atoms with Crippen LogP contribution in [-0.4, -0.2) is 6.29 Å². The van der Waals surface area contributed by atoms with E-state index >= 15 is 0 Å². The molecule has 3 heteroatoms. The highest BCUT2D eigenvalue weighted by Gasteiger charge is 2.07. The Balaban J connectivity index is 2.57. The molecular formula is C11H17O2P. The predicted octanol–water partition coefficient (Wildman–Crippen LogP) is 3.31. The van der Waals surface area contributed by atoms with Crippen molar-refractivity contribution in [3.8, 4) is 5.75 Å². The smallest absolute Gasteiger partial charge is 0.202 e. The van der Waals surface area contributed by atoms with Crippen LogP contribution in [0.1, 0.15) is 25.3 Å². The molecule has 2 unspecified atom stereocenters. The molecule has 0 aliphatic carbocycles. The average Bonchev–Trinajstić information content (AvgIpc) is 2.17. The highest BCUT2D eigenvalue weighted by Crippen LogP contribution is 2.17. The summed E-state index contributed by atoms with van der Waals surface area (Å²) < 4.78 is 10.8. The molecule has 0 saturated heterocycles. The van der Waals surface area contributed by atoms with Crippen LogP contribution in [0.4, 0.5) is 0 Å². The van der Waals surface area contributed by atoms with Gasteiger partial charge in [0.25, 0.3) is 0 Å². The highest BCUT2D eigenvalue weighted by atomic mass is 31.0. The van der Waals surface area contributed by atoms with Crippen molar-refractivity contribution in [3.05, 3.63) is 29.8 Å². The molecule has 1 aromatic carbocycles. The fourth-order valence-electron chi connectivity index (χ4n) is 1.23. The molecule has 0 fully saturated rings. The molecule has 0 N–H and O–H groups in total. The van der Waals surface area contributed by atoms with Crippen LogP contribution >= 0.6 is 9.47 Å². The van der Waals surface area contributed by atoms with Gasteiger partial charge in [-0.05, 0) is 24.6 Å². The third kappa shape index (κ3) is 3.65. The van der Waals surface area contributed by atoms with Gasteiger partial charge in [-0.1, -0.05) is 25.5 Å². The lowest BCUT2D eigenvalue weighted by atomic mass is 10.2. The van der Waals surface area contributed by atoms with Gasteiger partial charge in [-0.25, -0.2) is 0 Å². The van der Waals surface area contributed by atoms with E-state index in [2.05, 4.69) is 16.4 Å². The molecule has 0 saturated carbocycles. The van der Waals surface area contributed by atoms with Crippen molar-refractivity contribution in [2.45, 2.75) is 33.0 Å². The van der Waals surface area contributed by atoms with Gasteiger partial charge in [-0.15, -0.1) is 0 Å². The van der Waals surface area contributed by atoms with Crippen LogP contribution < -0.4 is 4.74 Å². The SMILES string of the molecule is CCCC(OP)Oc1cccc(C)c1. The number of aryl methyl sites for hydroxylation is 1. The molecule has 2 atom stereocenters. The first-order valence-electron chi connectivity index (χ1n) is 4.85. The molecule has 78 valence electrons. The fraction of sp³-hybridized carbons (Fsp3) is 0.455. The summed E-state index contributed by atoms with van der Waals surface area (Å²) in [6.45, 7) is 4.15. The predicted molar refractivity (Wildman–Crippen MR) is 61.3 cm³/mol. The zero-order valence-corrected chi connectivity index (χ0v) is 9.85. The monoisotopic (exact) mass is 212 g/mol. The van der Waals surface area contributed by atoms with E-state index in [4.69, 9.17) is 9.26 Å². The van der Waals surface area contributed by atoms with E-state index < -0.39 is 0 Å². The zero-order chi connectivity index (χ0) is 10.4. The molecule has 0 spiro atoms. The van der Waals surface area contributed by atoms with Gasteiger partial charge in [0.2, 0.25) is 6.29 Å². The van der Waals surface area contributed by atoms with Crippen molar-refractivity contribution in [3.63, 3.8) is 0 Å². The van der Waals surface area contributed by atoms with Gasteiger partial charge in [-0.3, -0.25) is 0 Å². The first-order chi connectivity index (χ1) is 6.76. The maximum Gasteiger partial charge on any atom is 0.202 e. The van der Waals surface area contributed by atoms with Crippen molar-refractivity contribution in [1.82, 2.24) is 0 Å². The molecule has 14 heavy (non-hydrogen) atoms. The summed E-state index contributed by atoms with van der Waals surface area (Å²) in [7, 11) is 2.25. The highest BCUT2D eigenvalue weighted by molar-refractivity contribution is 7.09. The van der Waals surface area contributed by atoms with E-state index in [0.29, 0.717) is 0 Å². The number of ether oxygens (including phenoxy) is 1. The topological polar surface area (TPSA) is 18.5 Å². The summed E-state index contributed by atoms with van der Waals surface area (Å²) in [6.07, 6.45) is 1.79. The fourth-order valence-corrected chi connectivity index (χ4v) is 1.42. The van der Waals surface area contributed by atoms with Crippen LogP contribution in [0.15, 0.2) is 24.3 Å². The van der Waals surface area contributed by atoms with Crippen molar-refractivity contribution in [2.24, 2.45) is 0 Å².